The Kier molecular flexibility index (Phi) is 13.6. The van der Waals surface area contributed by atoms with Crippen LogP contribution in [0.5, 0.6) is 0 Å². The molecule has 2 saturated heterocycles. The second kappa shape index (κ2) is 18.7. The highest BCUT2D eigenvalue weighted by molar-refractivity contribution is 7.10. The Labute approximate surface area is 367 Å². The summed E-state index contributed by atoms with van der Waals surface area (Å²) in [5.41, 5.74) is 9.38. The molecule has 0 unspecified atom stereocenters. The number of thiazole rings is 1. The maximum Gasteiger partial charge on any atom is 0.392 e. The average molecular weight is 867 g/mol. The van der Waals surface area contributed by atoms with E-state index in [-0.39, 0.29) is 55.5 Å². The number of carbonyl (C=O) groups is 4. The van der Waals surface area contributed by atoms with Crippen molar-refractivity contribution in [2.24, 2.45) is 17.3 Å². The molecule has 3 aliphatic rings. The lowest BCUT2D eigenvalue weighted by molar-refractivity contribution is -0.474. The van der Waals surface area contributed by atoms with Gasteiger partial charge in [-0.2, -0.15) is 4.58 Å². The fourth-order valence-corrected chi connectivity index (χ4v) is 9.53. The van der Waals surface area contributed by atoms with Crippen molar-refractivity contribution in [1.29, 1.82) is 0 Å². The number of methoxy groups -OCH3 is 1. The van der Waals surface area contributed by atoms with E-state index >= 15 is 0 Å². The van der Waals surface area contributed by atoms with Crippen LogP contribution in [0.1, 0.15) is 76.8 Å². The lowest BCUT2D eigenvalue weighted by atomic mass is 9.84. The van der Waals surface area contributed by atoms with Crippen molar-refractivity contribution in [2.45, 2.75) is 98.1 Å². The van der Waals surface area contributed by atoms with Crippen molar-refractivity contribution in [3.63, 3.8) is 0 Å². The summed E-state index contributed by atoms with van der Waals surface area (Å²) < 4.78 is 21.6. The fraction of sp³-hybridized carbons (Fsp3) is 0.511. The van der Waals surface area contributed by atoms with E-state index in [9.17, 15) is 19.2 Å². The molecular weight excluding hydrogens is 807 g/mol. The molecule has 2 fully saturated rings. The van der Waals surface area contributed by atoms with Gasteiger partial charge in [0.05, 0.1) is 48.9 Å². The van der Waals surface area contributed by atoms with Crippen molar-refractivity contribution in [3.05, 3.63) is 70.8 Å². The second-order valence-corrected chi connectivity index (χ2v) is 18.7. The highest BCUT2D eigenvalue weighted by Gasteiger charge is 2.44. The van der Waals surface area contributed by atoms with E-state index in [1.165, 1.54) is 27.0 Å². The van der Waals surface area contributed by atoms with Gasteiger partial charge in [0, 0.05) is 72.3 Å². The van der Waals surface area contributed by atoms with Crippen LogP contribution >= 0.6 is 11.3 Å². The molecule has 0 spiro atoms. The van der Waals surface area contributed by atoms with Gasteiger partial charge in [-0.3, -0.25) is 24.4 Å². The van der Waals surface area contributed by atoms with Gasteiger partial charge in [-0.25, -0.2) is 15.2 Å². The molecule has 1 aromatic carbocycles. The lowest BCUT2D eigenvalue weighted by Gasteiger charge is -2.38. The number of nitrogens with zero attached hydrogens (tertiary/aromatic N) is 6. The number of ether oxygens (including phenoxy) is 3. The first-order valence-electron chi connectivity index (χ1n) is 21.6. The molecule has 3 aromatic heterocycles. The fourth-order valence-electron chi connectivity index (χ4n) is 8.69. The third-order valence-electron chi connectivity index (χ3n) is 12.4. The largest absolute Gasteiger partial charge is 0.464 e. The minimum atomic E-state index is -1.04. The summed E-state index contributed by atoms with van der Waals surface area (Å²) in [6.45, 7) is 22.1. The number of carbonyl (C=O) groups excluding carboxylic acids is 4. The maximum absolute atomic E-state index is 14.6. The molecule has 4 aromatic rings. The van der Waals surface area contributed by atoms with Gasteiger partial charge in [0.2, 0.25) is 11.9 Å². The van der Waals surface area contributed by atoms with Gasteiger partial charge >= 0.3 is 17.8 Å². The minimum Gasteiger partial charge on any atom is -0.464 e. The number of pyridine rings is 1. The smallest absolute Gasteiger partial charge is 0.392 e. The number of aromatic nitrogens is 3. The summed E-state index contributed by atoms with van der Waals surface area (Å²) in [5, 5.41) is 5.16. The number of benzene rings is 1. The molecule has 15 heteroatoms. The van der Waals surface area contributed by atoms with E-state index in [2.05, 4.69) is 68.3 Å². The zero-order valence-electron chi connectivity index (χ0n) is 37.0. The molecule has 1 N–H and O–H groups in total. The Morgan fingerprint density at radius 1 is 1.18 bits per heavy atom. The van der Waals surface area contributed by atoms with Gasteiger partial charge in [-0.05, 0) is 74.9 Å². The van der Waals surface area contributed by atoms with Crippen molar-refractivity contribution in [3.8, 4) is 22.5 Å². The topological polar surface area (TPSA) is 148 Å². The molecule has 0 aliphatic carbocycles. The number of nitrogens with one attached hydrogen (secondary N) is 1. The number of cyclic esters (lactones) is 1. The summed E-state index contributed by atoms with van der Waals surface area (Å²) >= 11 is 1.43. The number of amides is 3. The van der Waals surface area contributed by atoms with Gasteiger partial charge < -0.3 is 23.7 Å². The van der Waals surface area contributed by atoms with Crippen LogP contribution in [-0.4, -0.2) is 118 Å². The van der Waals surface area contributed by atoms with Gasteiger partial charge in [0.15, 0.2) is 0 Å². The van der Waals surface area contributed by atoms with Crippen LogP contribution in [0.3, 0.4) is 0 Å². The molecule has 14 nitrogen and oxygen atoms in total. The molecule has 330 valence electrons. The first-order valence-corrected chi connectivity index (χ1v) is 22.5. The number of likely N-dealkylation sites (tertiary alicyclic amines) is 1. The Morgan fingerprint density at radius 2 is 1.95 bits per heavy atom. The van der Waals surface area contributed by atoms with E-state index in [1.54, 1.807) is 18.2 Å². The zero-order valence-corrected chi connectivity index (χ0v) is 37.8. The highest BCUT2D eigenvalue weighted by Crippen LogP contribution is 2.42. The molecule has 6 heterocycles. The monoisotopic (exact) mass is 866 g/mol. The van der Waals surface area contributed by atoms with Gasteiger partial charge in [0.1, 0.15) is 23.7 Å². The minimum absolute atomic E-state index is 0.108. The number of hydrogen-bond donors (Lipinski definition) is 1. The summed E-state index contributed by atoms with van der Waals surface area (Å²) in [6.07, 6.45) is 4.36. The maximum atomic E-state index is 14.6. The Morgan fingerprint density at radius 3 is 2.66 bits per heavy atom. The summed E-state index contributed by atoms with van der Waals surface area (Å²) in [4.78, 5) is 66.4. The third kappa shape index (κ3) is 9.17. The van der Waals surface area contributed by atoms with Crippen LogP contribution in [0.25, 0.3) is 33.4 Å². The van der Waals surface area contributed by atoms with Gasteiger partial charge in [0.25, 0.3) is 0 Å². The first-order chi connectivity index (χ1) is 29.6. The predicted molar refractivity (Wildman–Crippen MR) is 238 cm³/mol. The SMILES string of the molecule is C=CC(=O)N1CC(OC[C@H](C(=O)[N+](=C)[C@H]2Cc3nc(cs3)-c3ccc4c(c3)c(c(-c3cccnc3[C@H](C)OC)n4CC)CC(C)(C)COC(=O)[C@@H]3CCCN(N3)C2=O)C(C)C)C1. The zero-order chi connectivity index (χ0) is 44.5. The van der Waals surface area contributed by atoms with Gasteiger partial charge in [-0.15, -0.1) is 11.3 Å². The summed E-state index contributed by atoms with van der Waals surface area (Å²) in [6, 6.07) is 8.65. The van der Waals surface area contributed by atoms with Crippen molar-refractivity contribution in [1.82, 2.24) is 29.9 Å². The third-order valence-corrected chi connectivity index (χ3v) is 13.3. The van der Waals surface area contributed by atoms with Crippen LogP contribution in [-0.2, 0) is 52.8 Å². The predicted octanol–water partition coefficient (Wildman–Crippen LogP) is 6.01. The molecule has 4 atom stereocenters. The number of hydrazine groups is 1. The molecule has 6 bridgehead atoms. The van der Waals surface area contributed by atoms with Crippen LogP contribution in [0.2, 0.25) is 0 Å². The van der Waals surface area contributed by atoms with Crippen LogP contribution in [0.15, 0.2) is 54.6 Å². The Hall–Kier alpha value is -5.09. The standard InChI is InChI=1S/C47H60N7O7S/c1-10-41(55)52-23-31(24-52)60-25-35(28(3)4)44(56)51(8)39-21-40-49-37(26-62-40)30-16-17-38-33(20-30)34(43(53(38)11-2)32-14-12-18-48-42(32)29(5)59-9)22-47(6,7)27-61-46(58)36-15-13-19-54(50-36)45(39)57/h10,12,14,16-18,20,26,28-29,31,35-36,39,50H,1,8,11,13,15,19,21-25,27H2,2-7,9H3/q+1/t29-,35-,36-,39-/m0/s1. The quantitative estimate of drug-likeness (QED) is 0.0823. The number of hydrogen-bond acceptors (Lipinski definition) is 11. The second-order valence-electron chi connectivity index (χ2n) is 17.8. The molecule has 3 amide bonds. The summed E-state index contributed by atoms with van der Waals surface area (Å²) in [7, 11) is 1.69. The molecule has 7 rings (SSSR count). The van der Waals surface area contributed by atoms with Crippen LogP contribution in [0, 0.1) is 17.3 Å². The molecule has 0 saturated carbocycles. The van der Waals surface area contributed by atoms with E-state index < -0.39 is 29.4 Å². The molecule has 62 heavy (non-hydrogen) atoms. The van der Waals surface area contributed by atoms with Crippen molar-refractivity contribution < 1.29 is 38.0 Å². The van der Waals surface area contributed by atoms with E-state index in [1.807, 2.05) is 32.2 Å². The first kappa shape index (κ1) is 44.9. The Bertz CT molecular complexity index is 2360. The number of rotatable bonds is 11. The molecule has 0 radical (unpaired) electrons. The average Bonchev–Trinajstić information content (AvgIpc) is 3.85. The molecule has 3 aliphatic heterocycles. The normalized spacial score (nSPS) is 20.6. The number of fused-ring (bicyclic) bond motifs is 6. The summed E-state index contributed by atoms with van der Waals surface area (Å²) in [5.74, 6) is -2.06. The van der Waals surface area contributed by atoms with Gasteiger partial charge in [-0.1, -0.05) is 40.3 Å². The van der Waals surface area contributed by atoms with Crippen LogP contribution < -0.4 is 5.43 Å². The highest BCUT2D eigenvalue weighted by atomic mass is 32.1. The van der Waals surface area contributed by atoms with Crippen LogP contribution in [0.4, 0.5) is 0 Å². The lowest BCUT2D eigenvalue weighted by Crippen LogP contribution is -2.60. The molecular formula is C47H60N7O7S+. The number of esters is 1. The van der Waals surface area contributed by atoms with E-state index in [4.69, 9.17) is 24.2 Å². The van der Waals surface area contributed by atoms with Crippen molar-refractivity contribution in [2.75, 3.05) is 40.0 Å². The van der Waals surface area contributed by atoms with Crippen molar-refractivity contribution >= 4 is 52.6 Å². The number of aryl methyl sites for hydroxylation is 1. The van der Waals surface area contributed by atoms with E-state index in [0.717, 1.165) is 44.7 Å². The van der Waals surface area contributed by atoms with E-state index in [0.29, 0.717) is 50.4 Å². The Balaban J connectivity index is 1.27.